The topological polar surface area (TPSA) is 59.2 Å². The van der Waals surface area contributed by atoms with Gasteiger partial charge in [0.25, 0.3) is 0 Å². The fraction of sp³-hybridized carbons (Fsp3) is 0.190. The van der Waals surface area contributed by atoms with E-state index in [1.54, 1.807) is 23.1 Å². The summed E-state index contributed by atoms with van der Waals surface area (Å²) in [4.78, 5) is 18.6. The first-order valence-electron chi connectivity index (χ1n) is 8.67. The molecule has 0 aliphatic heterocycles. The lowest BCUT2D eigenvalue weighted by Crippen LogP contribution is -2.31. The second-order valence-electron chi connectivity index (χ2n) is 6.07. The van der Waals surface area contributed by atoms with Gasteiger partial charge in [-0.05, 0) is 36.2 Å². The van der Waals surface area contributed by atoms with Crippen LogP contribution in [0.15, 0.2) is 71.8 Å². The smallest absolute Gasteiger partial charge is 0.246 e. The van der Waals surface area contributed by atoms with Crippen molar-refractivity contribution in [2.75, 3.05) is 6.54 Å². The van der Waals surface area contributed by atoms with Crippen molar-refractivity contribution in [3.05, 3.63) is 83.7 Å². The van der Waals surface area contributed by atoms with E-state index in [2.05, 4.69) is 16.7 Å². The Labute approximate surface area is 163 Å². The number of amides is 1. The van der Waals surface area contributed by atoms with Crippen LogP contribution in [0.5, 0.6) is 0 Å². The molecule has 0 bridgehead atoms. The summed E-state index contributed by atoms with van der Waals surface area (Å²) in [6.45, 7) is 4.40. The second-order valence-corrected chi connectivity index (χ2v) is 6.50. The van der Waals surface area contributed by atoms with E-state index >= 15 is 0 Å². The first-order valence-corrected chi connectivity index (χ1v) is 9.04. The normalized spacial score (nSPS) is 10.6. The lowest BCUT2D eigenvalue weighted by molar-refractivity contribution is -0.131. The molecule has 1 heterocycles. The third-order valence-corrected chi connectivity index (χ3v) is 4.32. The molecule has 5 nitrogen and oxygen atoms in total. The van der Waals surface area contributed by atoms with Gasteiger partial charge in [-0.3, -0.25) is 4.79 Å². The van der Waals surface area contributed by atoms with Crippen LogP contribution in [-0.4, -0.2) is 27.5 Å². The summed E-state index contributed by atoms with van der Waals surface area (Å²) in [5, 5.41) is 4.63. The van der Waals surface area contributed by atoms with Crippen LogP contribution >= 0.6 is 11.6 Å². The number of nitrogens with zero attached hydrogens (tertiary/aromatic N) is 3. The first kappa shape index (κ1) is 18.9. The van der Waals surface area contributed by atoms with Gasteiger partial charge in [-0.25, -0.2) is 0 Å². The van der Waals surface area contributed by atoms with E-state index in [1.807, 2.05) is 42.5 Å². The molecular formula is C21H20ClN3O2. The van der Waals surface area contributed by atoms with E-state index in [0.29, 0.717) is 36.1 Å². The highest BCUT2D eigenvalue weighted by Gasteiger charge is 2.17. The van der Waals surface area contributed by atoms with Gasteiger partial charge >= 0.3 is 0 Å². The summed E-state index contributed by atoms with van der Waals surface area (Å²) in [7, 11) is 0. The molecule has 138 valence electrons. The fourth-order valence-corrected chi connectivity index (χ4v) is 2.79. The highest BCUT2D eigenvalue weighted by Crippen LogP contribution is 2.19. The minimum atomic E-state index is 0.0185. The summed E-state index contributed by atoms with van der Waals surface area (Å²) < 4.78 is 5.32. The number of benzene rings is 2. The summed E-state index contributed by atoms with van der Waals surface area (Å²) >= 11 is 5.90. The lowest BCUT2D eigenvalue weighted by Gasteiger charge is -2.19. The Balaban J connectivity index is 1.64. The highest BCUT2D eigenvalue weighted by atomic mass is 35.5. The molecule has 1 amide bonds. The minimum absolute atomic E-state index is 0.0185. The van der Waals surface area contributed by atoms with Crippen LogP contribution in [0.25, 0.3) is 11.4 Å². The first-order chi connectivity index (χ1) is 13.2. The van der Waals surface area contributed by atoms with Crippen molar-refractivity contribution >= 4 is 17.5 Å². The molecule has 3 aromatic rings. The Hall–Kier alpha value is -2.92. The predicted molar refractivity (Wildman–Crippen MR) is 105 cm³/mol. The molecule has 0 radical (unpaired) electrons. The van der Waals surface area contributed by atoms with Crippen molar-refractivity contribution in [2.24, 2.45) is 0 Å². The van der Waals surface area contributed by atoms with Crippen molar-refractivity contribution in [1.29, 1.82) is 0 Å². The van der Waals surface area contributed by atoms with E-state index in [0.717, 1.165) is 11.1 Å². The van der Waals surface area contributed by atoms with Gasteiger partial charge in [0.05, 0.1) is 0 Å². The number of rotatable bonds is 8. The molecule has 6 heteroatoms. The Morgan fingerprint density at radius 3 is 2.59 bits per heavy atom. The van der Waals surface area contributed by atoms with Crippen LogP contribution in [0.1, 0.15) is 17.9 Å². The quantitative estimate of drug-likeness (QED) is 0.537. The largest absolute Gasteiger partial charge is 0.337 e. The van der Waals surface area contributed by atoms with Gasteiger partial charge in [-0.2, -0.15) is 4.98 Å². The van der Waals surface area contributed by atoms with Crippen LogP contribution in [0, 0.1) is 0 Å². The van der Waals surface area contributed by atoms with E-state index in [4.69, 9.17) is 16.1 Å². The van der Waals surface area contributed by atoms with E-state index in [9.17, 15) is 4.79 Å². The molecule has 0 N–H and O–H groups in total. The molecule has 0 aliphatic rings. The third-order valence-electron chi connectivity index (χ3n) is 4.07. The summed E-state index contributed by atoms with van der Waals surface area (Å²) in [6, 6.07) is 17.1. The standard InChI is InChI=1S/C21H20ClN3O2/c1-2-14-25(20(26)13-8-16-6-4-3-5-7-16)15-19-23-21(24-27-19)17-9-11-18(22)12-10-17/h2-7,9-12H,1,8,13-15H2. The number of aryl methyl sites for hydroxylation is 1. The molecule has 3 rings (SSSR count). The number of hydrogen-bond donors (Lipinski definition) is 0. The highest BCUT2D eigenvalue weighted by molar-refractivity contribution is 6.30. The molecule has 27 heavy (non-hydrogen) atoms. The lowest BCUT2D eigenvalue weighted by atomic mass is 10.1. The molecule has 0 spiro atoms. The van der Waals surface area contributed by atoms with Crippen LogP contribution < -0.4 is 0 Å². The van der Waals surface area contributed by atoms with Gasteiger partial charge < -0.3 is 9.42 Å². The fourth-order valence-electron chi connectivity index (χ4n) is 2.66. The van der Waals surface area contributed by atoms with Crippen LogP contribution in [-0.2, 0) is 17.8 Å². The molecule has 0 aliphatic carbocycles. The number of carbonyl (C=O) groups is 1. The maximum absolute atomic E-state index is 12.6. The van der Waals surface area contributed by atoms with E-state index < -0.39 is 0 Å². The Bertz CT molecular complexity index is 891. The van der Waals surface area contributed by atoms with Crippen LogP contribution in [0.4, 0.5) is 0 Å². The van der Waals surface area contributed by atoms with Gasteiger partial charge in [0.1, 0.15) is 6.54 Å². The summed E-state index contributed by atoms with van der Waals surface area (Å²) in [6.07, 6.45) is 2.79. The van der Waals surface area contributed by atoms with Crippen molar-refractivity contribution < 1.29 is 9.32 Å². The van der Waals surface area contributed by atoms with Crippen LogP contribution in [0.3, 0.4) is 0 Å². The molecule has 0 atom stereocenters. The second kappa shape index (κ2) is 9.14. The number of aromatic nitrogens is 2. The molecular weight excluding hydrogens is 362 g/mol. The molecule has 0 unspecified atom stereocenters. The molecule has 0 saturated heterocycles. The zero-order chi connectivity index (χ0) is 19.1. The van der Waals surface area contributed by atoms with E-state index in [1.165, 1.54) is 0 Å². The SMILES string of the molecule is C=CCN(Cc1nc(-c2ccc(Cl)cc2)no1)C(=O)CCc1ccccc1. The van der Waals surface area contributed by atoms with Gasteiger partial charge in [-0.15, -0.1) is 6.58 Å². The van der Waals surface area contributed by atoms with Gasteiger partial charge in [0.15, 0.2) is 0 Å². The van der Waals surface area contributed by atoms with Crippen LogP contribution in [0.2, 0.25) is 5.02 Å². The number of hydrogen-bond acceptors (Lipinski definition) is 4. The van der Waals surface area contributed by atoms with Gasteiger partial charge in [0.2, 0.25) is 17.6 Å². The molecule has 2 aromatic carbocycles. The van der Waals surface area contributed by atoms with Gasteiger partial charge in [-0.1, -0.05) is 53.2 Å². The Morgan fingerprint density at radius 2 is 1.89 bits per heavy atom. The monoisotopic (exact) mass is 381 g/mol. The van der Waals surface area contributed by atoms with Crippen molar-refractivity contribution in [1.82, 2.24) is 15.0 Å². The average molecular weight is 382 g/mol. The predicted octanol–water partition coefficient (Wildman–Crippen LogP) is 4.54. The van der Waals surface area contributed by atoms with E-state index in [-0.39, 0.29) is 12.5 Å². The Morgan fingerprint density at radius 1 is 1.15 bits per heavy atom. The average Bonchev–Trinajstić information content (AvgIpc) is 3.16. The zero-order valence-corrected chi connectivity index (χ0v) is 15.6. The summed E-state index contributed by atoms with van der Waals surface area (Å²) in [5.41, 5.74) is 1.94. The van der Waals surface area contributed by atoms with Gasteiger partial charge in [0, 0.05) is 23.6 Å². The number of halogens is 1. The zero-order valence-electron chi connectivity index (χ0n) is 14.8. The van der Waals surface area contributed by atoms with Crippen molar-refractivity contribution in [3.8, 4) is 11.4 Å². The minimum Gasteiger partial charge on any atom is -0.337 e. The maximum Gasteiger partial charge on any atom is 0.246 e. The molecule has 0 fully saturated rings. The third kappa shape index (κ3) is 5.28. The maximum atomic E-state index is 12.6. The Kier molecular flexibility index (Phi) is 6.39. The molecule has 0 saturated carbocycles. The summed E-state index contributed by atoms with van der Waals surface area (Å²) in [5.74, 6) is 0.872. The van der Waals surface area contributed by atoms with Crippen molar-refractivity contribution in [3.63, 3.8) is 0 Å². The molecule has 1 aromatic heterocycles. The van der Waals surface area contributed by atoms with Crippen molar-refractivity contribution in [2.45, 2.75) is 19.4 Å². The number of carbonyl (C=O) groups excluding carboxylic acids is 1.